The maximum Gasteiger partial charge on any atom is 0.192 e. The normalized spacial score (nSPS) is 29.1. The highest BCUT2D eigenvalue weighted by atomic mass is 28.4. The van der Waals surface area contributed by atoms with Crippen molar-refractivity contribution in [3.63, 3.8) is 0 Å². The molecule has 2 fully saturated rings. The molecule has 29 heavy (non-hydrogen) atoms. The molecular weight excluding hydrogens is 376 g/mol. The van der Waals surface area contributed by atoms with Gasteiger partial charge in [-0.1, -0.05) is 41.5 Å². The maximum absolute atomic E-state index is 12.4. The molecule has 0 radical (unpaired) electrons. The molecule has 2 saturated carbocycles. The van der Waals surface area contributed by atoms with Gasteiger partial charge in [0.05, 0.1) is 11.7 Å². The molecule has 0 N–H and O–H groups in total. The van der Waals surface area contributed by atoms with Crippen LogP contribution in [0.25, 0.3) is 0 Å². The van der Waals surface area contributed by atoms with Crippen LogP contribution in [0.15, 0.2) is 0 Å². The minimum atomic E-state index is -1.63. The number of fused-ring (bicyclic) bond motifs is 1. The lowest BCUT2D eigenvalue weighted by Crippen LogP contribution is -2.47. The van der Waals surface area contributed by atoms with Crippen molar-refractivity contribution < 1.29 is 14.0 Å². The van der Waals surface area contributed by atoms with Crippen LogP contribution in [0.2, 0.25) is 18.1 Å². The number of carbonyl (C=O) groups excluding carboxylic acids is 1. The fourth-order valence-electron chi connectivity index (χ4n) is 6.32. The topological polar surface area (TPSA) is 35.5 Å². The summed E-state index contributed by atoms with van der Waals surface area (Å²) in [7, 11) is -1.63. The Labute approximate surface area is 181 Å². The Kier molecular flexibility index (Phi) is 9.43. The van der Waals surface area contributed by atoms with Gasteiger partial charge < -0.3 is 9.16 Å². The zero-order valence-corrected chi connectivity index (χ0v) is 21.4. The summed E-state index contributed by atoms with van der Waals surface area (Å²) >= 11 is 0. The first kappa shape index (κ1) is 25.1. The van der Waals surface area contributed by atoms with Gasteiger partial charge in [0.2, 0.25) is 0 Å². The van der Waals surface area contributed by atoms with Crippen molar-refractivity contribution in [3.8, 4) is 0 Å². The molecular formula is C25H48O3Si. The van der Waals surface area contributed by atoms with Gasteiger partial charge in [0.25, 0.3) is 0 Å². The Balaban J connectivity index is 1.96. The zero-order chi connectivity index (χ0) is 21.7. The van der Waals surface area contributed by atoms with Gasteiger partial charge in [0, 0.05) is 18.9 Å². The van der Waals surface area contributed by atoms with Gasteiger partial charge in [0.15, 0.2) is 8.32 Å². The summed E-state index contributed by atoms with van der Waals surface area (Å²) in [5.74, 6) is 2.59. The van der Waals surface area contributed by atoms with Crippen molar-refractivity contribution in [2.24, 2.45) is 23.7 Å². The third-order valence-electron chi connectivity index (χ3n) is 8.88. The smallest absolute Gasteiger partial charge is 0.192 e. The quantitative estimate of drug-likeness (QED) is 0.316. The zero-order valence-electron chi connectivity index (χ0n) is 20.4. The second kappa shape index (κ2) is 10.9. The van der Waals surface area contributed by atoms with E-state index >= 15 is 0 Å². The second-order valence-electron chi connectivity index (χ2n) is 9.97. The number of hydrogen-bond donors (Lipinski definition) is 0. The van der Waals surface area contributed by atoms with Crippen LogP contribution >= 0.6 is 0 Å². The van der Waals surface area contributed by atoms with Crippen LogP contribution in [0.1, 0.15) is 93.4 Å². The van der Waals surface area contributed by atoms with Crippen LogP contribution in [-0.2, 0) is 14.0 Å². The summed E-state index contributed by atoms with van der Waals surface area (Å²) in [6.07, 6.45) is 7.49. The van der Waals surface area contributed by atoms with Gasteiger partial charge in [-0.15, -0.1) is 0 Å². The summed E-state index contributed by atoms with van der Waals surface area (Å²) < 4.78 is 13.5. The van der Waals surface area contributed by atoms with Gasteiger partial charge in [-0.05, 0) is 81.3 Å². The van der Waals surface area contributed by atoms with Crippen molar-refractivity contribution in [1.29, 1.82) is 0 Å². The summed E-state index contributed by atoms with van der Waals surface area (Å²) in [5.41, 5.74) is -0.0275. The summed E-state index contributed by atoms with van der Waals surface area (Å²) in [6.45, 7) is 16.9. The average molecular weight is 425 g/mol. The molecule has 170 valence electrons. The number of rotatable bonds is 12. The first-order chi connectivity index (χ1) is 13.8. The maximum atomic E-state index is 12.4. The monoisotopic (exact) mass is 424 g/mol. The van der Waals surface area contributed by atoms with Crippen molar-refractivity contribution in [2.75, 3.05) is 6.61 Å². The third kappa shape index (κ3) is 5.54. The standard InChI is InChI=1S/C25H48O3Si/c1-8-25(9-2,28-29(10-3,11-4)12-5)17-18-27-20(7)21-14-15-22-23(26)16-13-19(6)24(21)22/h19-22,24H,8-18H2,1-7H3/t19-,20?,21?,22?,24?/m1/s1. The van der Waals surface area contributed by atoms with Crippen LogP contribution in [-0.4, -0.2) is 32.4 Å². The molecule has 0 aliphatic heterocycles. The first-order valence-corrected chi connectivity index (χ1v) is 15.2. The van der Waals surface area contributed by atoms with E-state index in [9.17, 15) is 4.79 Å². The van der Waals surface area contributed by atoms with Crippen molar-refractivity contribution in [3.05, 3.63) is 0 Å². The molecule has 0 aromatic heterocycles. The summed E-state index contributed by atoms with van der Waals surface area (Å²) in [4.78, 5) is 12.4. The highest BCUT2D eigenvalue weighted by molar-refractivity contribution is 6.73. The molecule has 2 rings (SSSR count). The molecule has 0 aromatic carbocycles. The van der Waals surface area contributed by atoms with Gasteiger partial charge in [0.1, 0.15) is 5.78 Å². The molecule has 0 saturated heterocycles. The molecule has 0 bridgehead atoms. The number of Topliss-reactive ketones (excluding diaryl/α,β-unsaturated/α-hetero) is 1. The molecule has 4 unspecified atom stereocenters. The highest BCUT2D eigenvalue weighted by Gasteiger charge is 2.47. The molecule has 0 heterocycles. The molecule has 4 heteroatoms. The van der Waals surface area contributed by atoms with E-state index in [0.717, 1.165) is 51.6 Å². The van der Waals surface area contributed by atoms with Crippen molar-refractivity contribution in [2.45, 2.75) is 123 Å². The van der Waals surface area contributed by atoms with E-state index in [1.807, 2.05) is 0 Å². The van der Waals surface area contributed by atoms with Gasteiger partial charge in [-0.25, -0.2) is 0 Å². The highest BCUT2D eigenvalue weighted by Crippen LogP contribution is 2.49. The minimum absolute atomic E-state index is 0.0275. The number of carbonyl (C=O) groups is 1. The molecule has 2 aliphatic rings. The molecule has 3 nitrogen and oxygen atoms in total. The molecule has 0 spiro atoms. The van der Waals surface area contributed by atoms with Crippen molar-refractivity contribution >= 4 is 14.1 Å². The predicted molar refractivity (Wildman–Crippen MR) is 125 cm³/mol. The van der Waals surface area contributed by atoms with E-state index in [0.29, 0.717) is 29.5 Å². The Morgan fingerprint density at radius 2 is 1.66 bits per heavy atom. The average Bonchev–Trinajstić information content (AvgIpc) is 3.20. The van der Waals surface area contributed by atoms with Gasteiger partial charge in [-0.3, -0.25) is 4.79 Å². The summed E-state index contributed by atoms with van der Waals surface area (Å²) in [5, 5.41) is 0. The van der Waals surface area contributed by atoms with E-state index < -0.39 is 8.32 Å². The Morgan fingerprint density at radius 3 is 2.21 bits per heavy atom. The predicted octanol–water partition coefficient (Wildman–Crippen LogP) is 7.00. The fraction of sp³-hybridized carbons (Fsp3) is 0.960. The van der Waals surface area contributed by atoms with E-state index in [2.05, 4.69) is 48.5 Å². The number of ketones is 1. The van der Waals surface area contributed by atoms with Gasteiger partial charge in [-0.2, -0.15) is 0 Å². The molecule has 0 amide bonds. The Morgan fingerprint density at radius 1 is 1.03 bits per heavy atom. The molecule has 2 aliphatic carbocycles. The van der Waals surface area contributed by atoms with Crippen LogP contribution < -0.4 is 0 Å². The van der Waals surface area contributed by atoms with E-state index in [4.69, 9.17) is 9.16 Å². The lowest BCUT2D eigenvalue weighted by Gasteiger charge is -2.42. The molecule has 5 atom stereocenters. The third-order valence-corrected chi connectivity index (χ3v) is 13.6. The largest absolute Gasteiger partial charge is 0.411 e. The van der Waals surface area contributed by atoms with Crippen LogP contribution in [0.5, 0.6) is 0 Å². The van der Waals surface area contributed by atoms with Crippen LogP contribution in [0.3, 0.4) is 0 Å². The Hall–Kier alpha value is -0.193. The fourth-order valence-corrected chi connectivity index (χ4v) is 9.57. The van der Waals surface area contributed by atoms with E-state index in [1.54, 1.807) is 0 Å². The lowest BCUT2D eigenvalue weighted by molar-refractivity contribution is -0.128. The van der Waals surface area contributed by atoms with Crippen LogP contribution in [0.4, 0.5) is 0 Å². The SMILES string of the molecule is CCC(CC)(CCOC(C)C1CCC2C(=O)CC[C@@H](C)C21)O[Si](CC)(CC)CC. The second-order valence-corrected chi connectivity index (χ2v) is 14.7. The number of hydrogen-bond acceptors (Lipinski definition) is 3. The van der Waals surface area contributed by atoms with Crippen molar-refractivity contribution in [1.82, 2.24) is 0 Å². The van der Waals surface area contributed by atoms with Gasteiger partial charge >= 0.3 is 0 Å². The minimum Gasteiger partial charge on any atom is -0.411 e. The lowest BCUT2D eigenvalue weighted by atomic mass is 9.70. The summed E-state index contributed by atoms with van der Waals surface area (Å²) in [6, 6.07) is 3.61. The Bertz CT molecular complexity index is 504. The van der Waals surface area contributed by atoms with E-state index in [-0.39, 0.29) is 11.7 Å². The molecule has 0 aromatic rings. The van der Waals surface area contributed by atoms with Crippen LogP contribution in [0, 0.1) is 23.7 Å². The first-order valence-electron chi connectivity index (χ1n) is 12.6. The number of ether oxygens (including phenoxy) is 1. The van der Waals surface area contributed by atoms with E-state index in [1.165, 1.54) is 18.1 Å².